The molecule has 0 aliphatic carbocycles. The van der Waals surface area contributed by atoms with Crippen LogP contribution >= 0.6 is 8.03 Å². The predicted molar refractivity (Wildman–Crippen MR) is 119 cm³/mol. The van der Waals surface area contributed by atoms with Crippen molar-refractivity contribution in [2.75, 3.05) is 12.8 Å². The van der Waals surface area contributed by atoms with Gasteiger partial charge in [0.2, 0.25) is 0 Å². The Morgan fingerprint density at radius 1 is 1.19 bits per heavy atom. The van der Waals surface area contributed by atoms with E-state index in [1.165, 1.54) is 12.1 Å². The summed E-state index contributed by atoms with van der Waals surface area (Å²) < 4.78 is 30.5. The predicted octanol–water partition coefficient (Wildman–Crippen LogP) is 4.63. The molecule has 0 aliphatic heterocycles. The van der Waals surface area contributed by atoms with Gasteiger partial charge < -0.3 is 14.7 Å². The van der Waals surface area contributed by atoms with Gasteiger partial charge in [0.15, 0.2) is 8.03 Å². The molecule has 0 aromatic heterocycles. The molecule has 0 aliphatic rings. The number of aliphatic hydroxyl groups is 1. The van der Waals surface area contributed by atoms with Crippen LogP contribution in [0.5, 0.6) is 0 Å². The highest BCUT2D eigenvalue weighted by atomic mass is 31.1. The van der Waals surface area contributed by atoms with E-state index in [0.717, 1.165) is 33.0 Å². The molecule has 0 heterocycles. The Hall–Kier alpha value is -2.97. The third kappa shape index (κ3) is 6.02. The Morgan fingerprint density at radius 2 is 1.90 bits per heavy atom. The normalized spacial score (nSPS) is 12.7. The maximum Gasteiger partial charge on any atom is 0.305 e. The lowest BCUT2D eigenvalue weighted by Crippen LogP contribution is -2.15. The van der Waals surface area contributed by atoms with Crippen molar-refractivity contribution >= 4 is 24.8 Å². The van der Waals surface area contributed by atoms with Gasteiger partial charge in [0.05, 0.1) is 12.5 Å². The number of halogens is 1. The van der Waals surface area contributed by atoms with Crippen molar-refractivity contribution in [3.8, 4) is 23.0 Å². The Morgan fingerprint density at radius 3 is 2.61 bits per heavy atom. The number of hydrogen-bond donors (Lipinski definition) is 2. The molecule has 0 saturated heterocycles. The van der Waals surface area contributed by atoms with E-state index in [1.54, 1.807) is 12.1 Å². The zero-order valence-corrected chi connectivity index (χ0v) is 17.9. The van der Waals surface area contributed by atoms with Gasteiger partial charge in [0.25, 0.3) is 0 Å². The Balaban J connectivity index is 1.87. The molecule has 31 heavy (non-hydrogen) atoms. The maximum atomic E-state index is 13.5. The van der Waals surface area contributed by atoms with Crippen LogP contribution in [0, 0.1) is 24.6 Å². The minimum Gasteiger partial charge on any atom is -0.481 e. The molecule has 0 spiro atoms. The number of hydrogen-bond acceptors (Lipinski definition) is 4. The molecule has 0 bridgehead atoms. The molecule has 2 unspecified atom stereocenters. The SMILES string of the molecule is Cc1cc2ccccc2c(-c2ccc(F)cc2)c1C#CCO[PH](=O)CC(O)CC(=O)O. The summed E-state index contributed by atoms with van der Waals surface area (Å²) in [6.45, 7) is 1.82. The van der Waals surface area contributed by atoms with E-state index in [4.69, 9.17) is 9.63 Å². The fourth-order valence-corrected chi connectivity index (χ4v) is 4.21. The fourth-order valence-electron chi connectivity index (χ4n) is 3.33. The van der Waals surface area contributed by atoms with Crippen LogP contribution in [0.25, 0.3) is 21.9 Å². The van der Waals surface area contributed by atoms with E-state index in [-0.39, 0.29) is 18.6 Å². The summed E-state index contributed by atoms with van der Waals surface area (Å²) in [6, 6.07) is 16.1. The summed E-state index contributed by atoms with van der Waals surface area (Å²) in [6.07, 6.45) is -1.93. The first-order valence-electron chi connectivity index (χ1n) is 9.68. The van der Waals surface area contributed by atoms with Gasteiger partial charge in [-0.15, -0.1) is 0 Å². The quantitative estimate of drug-likeness (QED) is 0.413. The molecule has 5 nitrogen and oxygen atoms in total. The number of fused-ring (bicyclic) bond motifs is 1. The summed E-state index contributed by atoms with van der Waals surface area (Å²) in [5, 5.41) is 20.2. The van der Waals surface area contributed by atoms with Crippen LogP contribution in [0.3, 0.4) is 0 Å². The van der Waals surface area contributed by atoms with Gasteiger partial charge in [-0.3, -0.25) is 9.36 Å². The van der Waals surface area contributed by atoms with E-state index in [0.29, 0.717) is 0 Å². The lowest BCUT2D eigenvalue weighted by molar-refractivity contribution is -0.138. The zero-order chi connectivity index (χ0) is 22.4. The largest absolute Gasteiger partial charge is 0.481 e. The topological polar surface area (TPSA) is 83.8 Å². The highest BCUT2D eigenvalue weighted by Crippen LogP contribution is 2.34. The third-order valence-electron chi connectivity index (χ3n) is 4.71. The first-order valence-corrected chi connectivity index (χ1v) is 11.2. The van der Waals surface area contributed by atoms with Crippen molar-refractivity contribution in [2.45, 2.75) is 19.4 Å². The molecule has 0 saturated carbocycles. The molecule has 3 rings (SSSR count). The molecule has 160 valence electrons. The van der Waals surface area contributed by atoms with Gasteiger partial charge in [-0.25, -0.2) is 4.39 Å². The number of aliphatic hydroxyl groups excluding tert-OH is 1. The van der Waals surface area contributed by atoms with E-state index >= 15 is 0 Å². The second-order valence-corrected chi connectivity index (χ2v) is 8.53. The van der Waals surface area contributed by atoms with E-state index in [2.05, 4.69) is 11.8 Å². The van der Waals surface area contributed by atoms with Gasteiger partial charge in [-0.05, 0) is 41.0 Å². The summed E-state index contributed by atoms with van der Waals surface area (Å²) in [7, 11) is -2.61. The third-order valence-corrected chi connectivity index (χ3v) is 5.98. The van der Waals surface area contributed by atoms with Gasteiger partial charge in [-0.1, -0.05) is 54.3 Å². The standard InChI is InChI=1S/C24H22FO5P/c1-16-13-18-5-2-3-6-22(18)24(17-8-10-19(25)11-9-17)21(16)7-4-12-30-31(29)15-20(26)14-23(27)28/h2-3,5-6,8-11,13,20,26,31H,12,14-15H2,1H3,(H,27,28). The molecular weight excluding hydrogens is 418 g/mol. The average molecular weight is 440 g/mol. The summed E-state index contributed by atoms with van der Waals surface area (Å²) in [5.74, 6) is 4.45. The molecule has 0 amide bonds. The fraction of sp³-hybridized carbons (Fsp3) is 0.208. The zero-order valence-electron chi connectivity index (χ0n) is 16.9. The minimum atomic E-state index is -2.61. The molecule has 7 heteroatoms. The average Bonchev–Trinajstić information content (AvgIpc) is 2.71. The van der Waals surface area contributed by atoms with Crippen molar-refractivity contribution < 1.29 is 28.5 Å². The van der Waals surface area contributed by atoms with Gasteiger partial charge in [0.1, 0.15) is 12.4 Å². The van der Waals surface area contributed by atoms with Gasteiger partial charge >= 0.3 is 5.97 Å². The van der Waals surface area contributed by atoms with Crippen LogP contribution in [0.2, 0.25) is 0 Å². The summed E-state index contributed by atoms with van der Waals surface area (Å²) in [5.41, 5.74) is 3.42. The molecule has 2 atom stereocenters. The molecule has 0 fully saturated rings. The highest BCUT2D eigenvalue weighted by Gasteiger charge is 2.14. The van der Waals surface area contributed by atoms with Crippen LogP contribution in [0.15, 0.2) is 54.6 Å². The number of carbonyl (C=O) groups is 1. The van der Waals surface area contributed by atoms with Crippen LogP contribution in [0.4, 0.5) is 4.39 Å². The van der Waals surface area contributed by atoms with Crippen molar-refractivity contribution in [2.24, 2.45) is 0 Å². The Labute approximate surface area is 180 Å². The van der Waals surface area contributed by atoms with Crippen LogP contribution < -0.4 is 0 Å². The molecule has 0 radical (unpaired) electrons. The van der Waals surface area contributed by atoms with Crippen molar-refractivity contribution in [1.29, 1.82) is 0 Å². The number of carboxylic acids is 1. The van der Waals surface area contributed by atoms with Gasteiger partial charge in [0, 0.05) is 17.3 Å². The van der Waals surface area contributed by atoms with Crippen LogP contribution in [-0.2, 0) is 13.9 Å². The number of carboxylic acid groups (broad SMARTS) is 1. The monoisotopic (exact) mass is 440 g/mol. The number of benzene rings is 3. The van der Waals surface area contributed by atoms with Crippen LogP contribution in [0.1, 0.15) is 17.5 Å². The van der Waals surface area contributed by atoms with Gasteiger partial charge in [-0.2, -0.15) is 0 Å². The minimum absolute atomic E-state index is 0.118. The first-order chi connectivity index (χ1) is 14.8. The lowest BCUT2D eigenvalue weighted by Gasteiger charge is -2.13. The second-order valence-electron chi connectivity index (χ2n) is 7.09. The number of aliphatic carboxylic acids is 1. The molecular formula is C24H22FO5P. The van der Waals surface area contributed by atoms with E-state index < -0.39 is 26.5 Å². The molecule has 2 N–H and O–H groups in total. The van der Waals surface area contributed by atoms with Crippen LogP contribution in [-0.4, -0.2) is 35.1 Å². The van der Waals surface area contributed by atoms with Crippen molar-refractivity contribution in [3.63, 3.8) is 0 Å². The molecule has 3 aromatic carbocycles. The lowest BCUT2D eigenvalue weighted by atomic mass is 9.90. The second kappa shape index (κ2) is 10.4. The first kappa shape index (κ1) is 22.7. The number of rotatable bonds is 7. The number of aryl methyl sites for hydroxylation is 1. The Kier molecular flexibility index (Phi) is 7.59. The van der Waals surface area contributed by atoms with Crippen molar-refractivity contribution in [3.05, 3.63) is 71.5 Å². The van der Waals surface area contributed by atoms with E-state index in [9.17, 15) is 18.9 Å². The maximum absolute atomic E-state index is 13.5. The van der Waals surface area contributed by atoms with Crippen molar-refractivity contribution in [1.82, 2.24) is 0 Å². The summed E-state index contributed by atoms with van der Waals surface area (Å²) in [4.78, 5) is 10.6. The summed E-state index contributed by atoms with van der Waals surface area (Å²) >= 11 is 0. The highest BCUT2D eigenvalue weighted by molar-refractivity contribution is 7.39. The smallest absolute Gasteiger partial charge is 0.305 e. The molecule has 3 aromatic rings. The van der Waals surface area contributed by atoms with E-state index in [1.807, 2.05) is 37.3 Å². The Bertz CT molecular complexity index is 1180.